The number of para-hydroxylation sites is 2. The summed E-state index contributed by atoms with van der Waals surface area (Å²) in [5.74, 6) is 0.319. The molecule has 6 aliphatic rings. The van der Waals surface area contributed by atoms with Gasteiger partial charge in [0, 0.05) is 144 Å². The normalized spacial score (nSPS) is 18.0. The van der Waals surface area contributed by atoms with Crippen LogP contribution < -0.4 is 15.5 Å². The van der Waals surface area contributed by atoms with Gasteiger partial charge in [0.25, 0.3) is 11.8 Å². The summed E-state index contributed by atoms with van der Waals surface area (Å²) < 4.78 is 26.3. The zero-order chi connectivity index (χ0) is 64.1. The molecule has 0 spiro atoms. The van der Waals surface area contributed by atoms with Crippen LogP contribution in [0.3, 0.4) is 0 Å². The lowest BCUT2D eigenvalue weighted by Crippen LogP contribution is -2.54. The number of aryl methyl sites for hydroxylation is 2. The van der Waals surface area contributed by atoms with Crippen LogP contribution in [0.4, 0.5) is 40.8 Å². The summed E-state index contributed by atoms with van der Waals surface area (Å²) in [6.45, 7) is 9.89. The predicted octanol–water partition coefficient (Wildman–Crippen LogP) is 9.55. The van der Waals surface area contributed by atoms with E-state index in [4.69, 9.17) is 9.47 Å². The van der Waals surface area contributed by atoms with Gasteiger partial charge in [0.2, 0.25) is 0 Å². The number of urea groups is 2. The van der Waals surface area contributed by atoms with E-state index in [2.05, 4.69) is 45.9 Å². The number of benzene rings is 4. The molecule has 4 aromatic carbocycles. The van der Waals surface area contributed by atoms with Crippen LogP contribution in [0.25, 0.3) is 21.8 Å². The number of hydrogen-bond donors (Lipinski definition) is 4. The number of fused-ring (bicyclic) bond motifs is 4. The van der Waals surface area contributed by atoms with Crippen molar-refractivity contribution in [2.45, 2.75) is 109 Å². The quantitative estimate of drug-likeness (QED) is 0.0890. The fraction of sp³-hybridized carbons (Fsp3) is 0.391. The Hall–Kier alpha value is -10.1. The lowest BCUT2D eigenvalue weighted by atomic mass is 9.92. The number of amides is 8. The minimum atomic E-state index is -0.991. The van der Waals surface area contributed by atoms with Crippen LogP contribution >= 0.6 is 0 Å². The Balaban J connectivity index is 0.000000169. The van der Waals surface area contributed by atoms with Crippen LogP contribution in [0, 0.1) is 19.7 Å². The minimum Gasteiger partial charge on any atom is -0.436 e. The van der Waals surface area contributed by atoms with Crippen molar-refractivity contribution < 1.29 is 42.6 Å². The largest absolute Gasteiger partial charge is 0.436 e. The van der Waals surface area contributed by atoms with Crippen molar-refractivity contribution >= 4 is 75.1 Å². The van der Waals surface area contributed by atoms with E-state index in [9.17, 15) is 33.2 Å². The standard InChI is InChI=1S/C35H38FN7O4.C34H38N8O4/c1-22-17-23(18-26-20-38-40-31(22)26)19-30(33(44)41-13-8-24(9-14-41)29-7-2-3-12-37-29)47-35(46)42-15-10-27(11-16-42)43-21-25-5-4-6-28(36)32(25)39-34(43)45;1-23-18-24(19-26-21-36-38-31(23)26)20-29(32(43)40-16-14-39(15-17-40)30-8-4-5-11-35-30)46-34(45)41-12-9-27(10-13-41)42-22-25-6-2-3-7-28(25)37-33(42)44/h2-7,12,17-18,20,24,27,30H,8-11,13-16,19,21H2,1H3,(H,38,40)(H,39,45);2-8,11,18-19,21,27,29H,9-10,12-17,20,22H2,1H3,(H,36,38)(H,37,44). The lowest BCUT2D eigenvalue weighted by Gasteiger charge is -2.40. The molecule has 0 saturated carbocycles. The molecule has 6 aliphatic heterocycles. The van der Waals surface area contributed by atoms with E-state index in [-0.39, 0.29) is 60.4 Å². The SMILES string of the molecule is Cc1cc(CC(OC(=O)N2CCC(N3Cc4cccc(F)c4NC3=O)CC2)C(=O)N2CCC(c3ccccn3)CC2)cc2cn[nH]c12.Cc1cc(CC(OC(=O)N2CCC(N3Cc4ccccc4NC3=O)CC2)C(=O)N2CCN(c3ccccn3)CC2)cc2cn[nH]c12. The number of nitrogens with one attached hydrogen (secondary N) is 4. The summed E-state index contributed by atoms with van der Waals surface area (Å²) in [6, 6.07) is 31.7. The first-order chi connectivity index (χ1) is 45.3. The Morgan fingerprint density at radius 3 is 1.61 bits per heavy atom. The average molecular weight is 1260 g/mol. The first kappa shape index (κ1) is 61.7. The van der Waals surface area contributed by atoms with Crippen molar-refractivity contribution in [3.05, 3.63) is 173 Å². The van der Waals surface area contributed by atoms with Gasteiger partial charge in [-0.15, -0.1) is 0 Å². The number of likely N-dealkylation sites (tertiary alicyclic amines) is 3. The summed E-state index contributed by atoms with van der Waals surface area (Å²) in [5.41, 5.74) is 9.60. The fourth-order valence-electron chi connectivity index (χ4n) is 14.0. The molecule has 23 nitrogen and oxygen atoms in total. The Bertz CT molecular complexity index is 4030. The van der Waals surface area contributed by atoms with Gasteiger partial charge in [0.15, 0.2) is 12.2 Å². The third kappa shape index (κ3) is 13.8. The molecule has 0 bridgehead atoms. The van der Waals surface area contributed by atoms with Crippen molar-refractivity contribution in [2.75, 3.05) is 81.0 Å². The highest BCUT2D eigenvalue weighted by Gasteiger charge is 2.39. The topological polar surface area (TPSA) is 251 Å². The molecule has 4 aromatic heterocycles. The van der Waals surface area contributed by atoms with Crippen LogP contribution in [-0.2, 0) is 45.0 Å². The van der Waals surface area contributed by atoms with Gasteiger partial charge in [-0.25, -0.2) is 28.6 Å². The third-order valence-electron chi connectivity index (χ3n) is 19.1. The molecule has 2 unspecified atom stereocenters. The number of halogens is 1. The number of pyridine rings is 2. The van der Waals surface area contributed by atoms with Crippen LogP contribution in [0.2, 0.25) is 0 Å². The number of piperazine rings is 1. The highest BCUT2D eigenvalue weighted by molar-refractivity contribution is 5.94. The van der Waals surface area contributed by atoms with E-state index < -0.39 is 30.2 Å². The van der Waals surface area contributed by atoms with E-state index in [1.807, 2.05) is 109 Å². The number of carbonyl (C=O) groups is 6. The molecular formula is C69H76FN15O8. The molecule has 4 fully saturated rings. The number of piperidine rings is 3. The van der Waals surface area contributed by atoms with Crippen molar-refractivity contribution in [3.63, 3.8) is 0 Å². The number of H-pyrrole nitrogens is 2. The number of aromatic amines is 2. The lowest BCUT2D eigenvalue weighted by molar-refractivity contribution is -0.142. The zero-order valence-electron chi connectivity index (χ0n) is 52.2. The molecule has 0 radical (unpaired) electrons. The summed E-state index contributed by atoms with van der Waals surface area (Å²) in [4.78, 5) is 102. The molecule has 8 amide bonds. The number of carbonyl (C=O) groups excluding carboxylic acids is 6. The van der Waals surface area contributed by atoms with E-state index in [1.165, 1.54) is 6.07 Å². The molecule has 24 heteroatoms. The Morgan fingerprint density at radius 2 is 1.05 bits per heavy atom. The van der Waals surface area contributed by atoms with Gasteiger partial charge >= 0.3 is 24.2 Å². The van der Waals surface area contributed by atoms with E-state index >= 15 is 0 Å². The van der Waals surface area contributed by atoms with E-state index in [1.54, 1.807) is 56.5 Å². The van der Waals surface area contributed by atoms with Gasteiger partial charge < -0.3 is 54.4 Å². The molecule has 0 aliphatic carbocycles. The van der Waals surface area contributed by atoms with Crippen LogP contribution in [0.1, 0.15) is 83.5 Å². The van der Waals surface area contributed by atoms with Gasteiger partial charge in [0.05, 0.1) is 29.1 Å². The monoisotopic (exact) mass is 1260 g/mol. The fourth-order valence-corrected chi connectivity index (χ4v) is 14.0. The maximum absolute atomic E-state index is 14.2. The second-order valence-corrected chi connectivity index (χ2v) is 25.0. The van der Waals surface area contributed by atoms with Crippen molar-refractivity contribution in [1.82, 2.24) is 59.8 Å². The minimum absolute atomic E-state index is 0.00916. The molecular weight excluding hydrogens is 1190 g/mol. The summed E-state index contributed by atoms with van der Waals surface area (Å²) >= 11 is 0. The maximum Gasteiger partial charge on any atom is 0.410 e. The molecule has 8 aromatic rings. The van der Waals surface area contributed by atoms with Gasteiger partial charge in [-0.2, -0.15) is 10.2 Å². The molecule has 4 saturated heterocycles. The Morgan fingerprint density at radius 1 is 0.548 bits per heavy atom. The molecule has 10 heterocycles. The number of nitrogens with zero attached hydrogens (tertiary/aromatic N) is 11. The van der Waals surface area contributed by atoms with Gasteiger partial charge in [0.1, 0.15) is 11.6 Å². The zero-order valence-corrected chi connectivity index (χ0v) is 52.2. The Kier molecular flexibility index (Phi) is 18.2. The maximum atomic E-state index is 14.2. The Labute approximate surface area is 537 Å². The highest BCUT2D eigenvalue weighted by Crippen LogP contribution is 2.33. The first-order valence-electron chi connectivity index (χ1n) is 32.2. The number of anilines is 3. The second-order valence-electron chi connectivity index (χ2n) is 25.0. The van der Waals surface area contributed by atoms with Crippen molar-refractivity contribution in [2.24, 2.45) is 0 Å². The number of hydrogen-bond acceptors (Lipinski definition) is 13. The van der Waals surface area contributed by atoms with E-state index in [0.29, 0.717) is 104 Å². The molecule has 482 valence electrons. The van der Waals surface area contributed by atoms with Crippen molar-refractivity contribution in [3.8, 4) is 0 Å². The van der Waals surface area contributed by atoms with Crippen LogP contribution in [0.15, 0.2) is 128 Å². The summed E-state index contributed by atoms with van der Waals surface area (Å²) in [5, 5.41) is 21.9. The van der Waals surface area contributed by atoms with E-state index in [0.717, 1.165) is 85.2 Å². The molecule has 93 heavy (non-hydrogen) atoms. The third-order valence-corrected chi connectivity index (χ3v) is 19.1. The van der Waals surface area contributed by atoms with Gasteiger partial charge in [-0.3, -0.25) is 24.8 Å². The van der Waals surface area contributed by atoms with Gasteiger partial charge in [-0.1, -0.05) is 54.6 Å². The van der Waals surface area contributed by atoms with Crippen LogP contribution in [0.5, 0.6) is 0 Å². The predicted molar refractivity (Wildman–Crippen MR) is 347 cm³/mol. The second kappa shape index (κ2) is 27.4. The molecule has 2 atom stereocenters. The summed E-state index contributed by atoms with van der Waals surface area (Å²) in [6.07, 6.45) is 8.51. The highest BCUT2D eigenvalue weighted by atomic mass is 19.1. The number of ether oxygens (including phenoxy) is 2. The molecule has 14 rings (SSSR count). The van der Waals surface area contributed by atoms with Gasteiger partial charge in [-0.05, 0) is 134 Å². The number of rotatable bonds is 12. The molecule has 4 N–H and O–H groups in total. The number of aromatic nitrogens is 6. The first-order valence-corrected chi connectivity index (χ1v) is 32.2. The smallest absolute Gasteiger partial charge is 0.410 e. The summed E-state index contributed by atoms with van der Waals surface area (Å²) in [7, 11) is 0. The van der Waals surface area contributed by atoms with Crippen LogP contribution in [-0.4, -0.2) is 186 Å². The van der Waals surface area contributed by atoms with Crippen molar-refractivity contribution in [1.29, 1.82) is 0 Å². The average Bonchev–Trinajstić information content (AvgIpc) is 1.38.